The van der Waals surface area contributed by atoms with Crippen molar-refractivity contribution in [2.75, 3.05) is 13.1 Å². The van der Waals surface area contributed by atoms with Crippen LogP contribution in [0.15, 0.2) is 41.7 Å². The van der Waals surface area contributed by atoms with Crippen LogP contribution in [0.4, 0.5) is 5.69 Å². The maximum atomic E-state index is 10.1. The van der Waals surface area contributed by atoms with E-state index in [1.54, 1.807) is 6.07 Å². The van der Waals surface area contributed by atoms with Crippen LogP contribution in [0.3, 0.4) is 0 Å². The first kappa shape index (κ1) is 19.7. The fourth-order valence-electron chi connectivity index (χ4n) is 2.45. The first-order valence-electron chi connectivity index (χ1n) is 7.75. The molecule has 0 aliphatic carbocycles. The second-order valence-electron chi connectivity index (χ2n) is 5.56. The number of hydrogen-bond donors (Lipinski definition) is 1. The van der Waals surface area contributed by atoms with E-state index in [9.17, 15) is 5.11 Å². The molecular formula is C18H26IN3O. The number of phenols is 1. The number of phenolic OH excluding ortho intramolecular Hbond substituents is 1. The van der Waals surface area contributed by atoms with Crippen LogP contribution in [0.5, 0.6) is 5.75 Å². The highest BCUT2D eigenvalue weighted by Gasteiger charge is 2.07. The fraction of sp³-hybridized carbons (Fsp3) is 0.389. The highest BCUT2D eigenvalue weighted by molar-refractivity contribution is 14.0. The Morgan fingerprint density at radius 1 is 1.17 bits per heavy atom. The molecule has 1 heterocycles. The van der Waals surface area contributed by atoms with Crippen LogP contribution in [0, 0.1) is 6.92 Å². The van der Waals surface area contributed by atoms with Gasteiger partial charge in [0.2, 0.25) is 0 Å². The van der Waals surface area contributed by atoms with Crippen LogP contribution in [-0.2, 0) is 13.6 Å². The average Bonchev–Trinajstić information content (AvgIpc) is 2.50. The zero-order valence-electron chi connectivity index (χ0n) is 14.3. The summed E-state index contributed by atoms with van der Waals surface area (Å²) >= 11 is 0. The van der Waals surface area contributed by atoms with Gasteiger partial charge in [0, 0.05) is 31.5 Å². The van der Waals surface area contributed by atoms with Crippen molar-refractivity contribution in [2.45, 2.75) is 27.3 Å². The number of rotatable bonds is 5. The second-order valence-corrected chi connectivity index (χ2v) is 5.56. The molecule has 0 saturated carbocycles. The Balaban J connectivity index is 0.00000264. The minimum absolute atomic E-state index is 0. The second kappa shape index (κ2) is 9.08. The molecule has 0 amide bonds. The normalized spacial score (nSPS) is 11.6. The fourth-order valence-corrected chi connectivity index (χ4v) is 2.45. The van der Waals surface area contributed by atoms with Gasteiger partial charge in [-0.1, -0.05) is 13.8 Å². The van der Waals surface area contributed by atoms with Crippen molar-refractivity contribution in [2.24, 2.45) is 12.0 Å². The van der Waals surface area contributed by atoms with Crippen LogP contribution in [0.1, 0.15) is 25.0 Å². The van der Waals surface area contributed by atoms with E-state index in [2.05, 4.69) is 31.9 Å². The number of pyridine rings is 1. The Labute approximate surface area is 155 Å². The van der Waals surface area contributed by atoms with E-state index in [-0.39, 0.29) is 24.0 Å². The molecule has 0 aliphatic rings. The third-order valence-electron chi connectivity index (χ3n) is 3.87. The summed E-state index contributed by atoms with van der Waals surface area (Å²) in [7, 11) is 2.00. The van der Waals surface area contributed by atoms with E-state index in [0.717, 1.165) is 41.8 Å². The first-order valence-corrected chi connectivity index (χ1v) is 7.75. The van der Waals surface area contributed by atoms with E-state index in [4.69, 9.17) is 4.99 Å². The molecule has 0 aliphatic heterocycles. The highest BCUT2D eigenvalue weighted by atomic mass is 127. The van der Waals surface area contributed by atoms with Gasteiger partial charge in [-0.3, -0.25) is 4.90 Å². The lowest BCUT2D eigenvalue weighted by molar-refractivity contribution is 0.291. The third-order valence-corrected chi connectivity index (χ3v) is 3.87. The Morgan fingerprint density at radius 2 is 1.87 bits per heavy atom. The summed E-state index contributed by atoms with van der Waals surface area (Å²) in [6, 6.07) is 7.57. The number of aryl methyl sites for hydroxylation is 2. The van der Waals surface area contributed by atoms with Gasteiger partial charge in [-0.25, -0.2) is 4.99 Å². The standard InChI is InChI=1S/C18H25N3O.HI/c1-5-21(6-2)13-15-11-16(7-8-18(15)22)19-17-9-10-20(4)12-14(17)3;/h7-12,22H,5-6,13H2,1-4H3;1H. The molecule has 1 aromatic carbocycles. The van der Waals surface area contributed by atoms with Crippen molar-refractivity contribution < 1.29 is 5.11 Å². The van der Waals surface area contributed by atoms with Crippen molar-refractivity contribution in [3.63, 3.8) is 0 Å². The highest BCUT2D eigenvalue weighted by Crippen LogP contribution is 2.24. The zero-order chi connectivity index (χ0) is 16.1. The summed E-state index contributed by atoms with van der Waals surface area (Å²) in [5, 5.41) is 11.0. The van der Waals surface area contributed by atoms with Gasteiger partial charge in [-0.05, 0) is 49.8 Å². The molecule has 0 bridgehead atoms. The number of aromatic nitrogens is 1. The Morgan fingerprint density at radius 3 is 2.48 bits per heavy atom. The molecule has 2 rings (SSSR count). The number of nitrogens with zero attached hydrogens (tertiary/aromatic N) is 3. The molecule has 4 nitrogen and oxygen atoms in total. The van der Waals surface area contributed by atoms with Crippen molar-refractivity contribution in [3.05, 3.63) is 53.1 Å². The van der Waals surface area contributed by atoms with Crippen LogP contribution in [-0.4, -0.2) is 27.7 Å². The SMILES string of the molecule is CCN(CC)Cc1cc(N=c2ccn(C)cc2C)ccc1O.I. The molecule has 2 aromatic rings. The molecule has 1 N–H and O–H groups in total. The van der Waals surface area contributed by atoms with Gasteiger partial charge in [0.1, 0.15) is 5.75 Å². The molecule has 0 saturated heterocycles. The predicted octanol–water partition coefficient (Wildman–Crippen LogP) is 3.73. The van der Waals surface area contributed by atoms with Crippen molar-refractivity contribution in [3.8, 4) is 5.75 Å². The van der Waals surface area contributed by atoms with Crippen molar-refractivity contribution >= 4 is 29.7 Å². The van der Waals surface area contributed by atoms with E-state index in [1.165, 1.54) is 0 Å². The molecule has 0 atom stereocenters. The quantitative estimate of drug-likeness (QED) is 0.739. The smallest absolute Gasteiger partial charge is 0.120 e. The lowest BCUT2D eigenvalue weighted by Gasteiger charge is -2.18. The molecule has 0 radical (unpaired) electrons. The Hall–Kier alpha value is -1.34. The van der Waals surface area contributed by atoms with Crippen molar-refractivity contribution in [1.29, 1.82) is 0 Å². The average molecular weight is 427 g/mol. The maximum Gasteiger partial charge on any atom is 0.120 e. The number of halogens is 1. The largest absolute Gasteiger partial charge is 0.508 e. The van der Waals surface area contributed by atoms with E-state index >= 15 is 0 Å². The monoisotopic (exact) mass is 427 g/mol. The molecule has 0 unspecified atom stereocenters. The zero-order valence-corrected chi connectivity index (χ0v) is 16.6. The summed E-state index contributed by atoms with van der Waals surface area (Å²) in [6.45, 7) is 8.97. The number of benzene rings is 1. The molecule has 126 valence electrons. The minimum atomic E-state index is 0. The number of aromatic hydroxyl groups is 1. The lowest BCUT2D eigenvalue weighted by atomic mass is 10.1. The van der Waals surface area contributed by atoms with Gasteiger partial charge in [0.25, 0.3) is 0 Å². The summed E-state index contributed by atoms with van der Waals surface area (Å²) < 4.78 is 2.01. The van der Waals surface area contributed by atoms with Gasteiger partial charge in [-0.2, -0.15) is 0 Å². The maximum absolute atomic E-state index is 10.1. The molecule has 0 fully saturated rings. The van der Waals surface area contributed by atoms with Gasteiger partial charge >= 0.3 is 0 Å². The summed E-state index contributed by atoms with van der Waals surface area (Å²) in [5.74, 6) is 0.335. The lowest BCUT2D eigenvalue weighted by Crippen LogP contribution is -2.22. The molecular weight excluding hydrogens is 401 g/mol. The van der Waals surface area contributed by atoms with Crippen LogP contribution in [0.25, 0.3) is 0 Å². The van der Waals surface area contributed by atoms with Gasteiger partial charge in [0.15, 0.2) is 0 Å². The van der Waals surface area contributed by atoms with Gasteiger partial charge in [0.05, 0.1) is 11.0 Å². The summed E-state index contributed by atoms with van der Waals surface area (Å²) in [6.07, 6.45) is 4.04. The van der Waals surface area contributed by atoms with Gasteiger partial charge in [-0.15, -0.1) is 24.0 Å². The molecule has 0 spiro atoms. The van der Waals surface area contributed by atoms with E-state index in [0.29, 0.717) is 5.75 Å². The van der Waals surface area contributed by atoms with Crippen molar-refractivity contribution in [1.82, 2.24) is 9.47 Å². The first-order chi connectivity index (χ1) is 10.5. The van der Waals surface area contributed by atoms with E-state index in [1.807, 2.05) is 36.0 Å². The van der Waals surface area contributed by atoms with Crippen LogP contribution < -0.4 is 5.36 Å². The summed E-state index contributed by atoms with van der Waals surface area (Å²) in [4.78, 5) is 6.97. The molecule has 1 aromatic heterocycles. The van der Waals surface area contributed by atoms with E-state index < -0.39 is 0 Å². The minimum Gasteiger partial charge on any atom is -0.508 e. The summed E-state index contributed by atoms with van der Waals surface area (Å²) in [5.41, 5.74) is 2.92. The third kappa shape index (κ3) is 5.35. The van der Waals surface area contributed by atoms with Crippen LogP contribution in [0.2, 0.25) is 0 Å². The number of hydrogen-bond acceptors (Lipinski definition) is 3. The Bertz CT molecular complexity index is 706. The predicted molar refractivity (Wildman–Crippen MR) is 106 cm³/mol. The Kier molecular flexibility index (Phi) is 7.78. The topological polar surface area (TPSA) is 40.8 Å². The molecule has 23 heavy (non-hydrogen) atoms. The van der Waals surface area contributed by atoms with Gasteiger partial charge < -0.3 is 9.67 Å². The van der Waals surface area contributed by atoms with Crippen LogP contribution >= 0.6 is 24.0 Å². The molecule has 5 heteroatoms.